The summed E-state index contributed by atoms with van der Waals surface area (Å²) in [4.78, 5) is 8.93. The number of halogens is 2. The summed E-state index contributed by atoms with van der Waals surface area (Å²) >= 11 is 6.09. The van der Waals surface area contributed by atoms with E-state index in [1.807, 2.05) is 37.3 Å². The van der Waals surface area contributed by atoms with Gasteiger partial charge in [-0.1, -0.05) is 30.3 Å². The first-order valence-corrected chi connectivity index (χ1v) is 9.08. The lowest BCUT2D eigenvalue weighted by Gasteiger charge is -2.10. The molecule has 28 heavy (non-hydrogen) atoms. The molecule has 3 heterocycles. The van der Waals surface area contributed by atoms with E-state index in [1.165, 1.54) is 12.1 Å². The van der Waals surface area contributed by atoms with E-state index in [0.29, 0.717) is 27.7 Å². The first-order valence-electron chi connectivity index (χ1n) is 8.70. The molecule has 3 nitrogen and oxygen atoms in total. The van der Waals surface area contributed by atoms with Gasteiger partial charge in [0.15, 0.2) is 5.65 Å². The fraction of sp³-hybridized carbons (Fsp3) is 0.0435. The Hall–Kier alpha value is -3.24. The van der Waals surface area contributed by atoms with E-state index in [0.717, 1.165) is 22.1 Å². The smallest absolute Gasteiger partial charge is 0.160 e. The summed E-state index contributed by atoms with van der Waals surface area (Å²) in [7, 11) is 0. The monoisotopic (exact) mass is 390 g/mol. The lowest BCUT2D eigenvalue weighted by atomic mass is 9.97. The maximum atomic E-state index is 14.5. The SMILES string of the molecule is C=Cc1occ(-c2cc(-c3cc(Cl)ccc3F)nc3ncccc23)c1/C=C\C. The maximum absolute atomic E-state index is 14.5. The van der Waals surface area contributed by atoms with Crippen LogP contribution in [0.2, 0.25) is 5.02 Å². The van der Waals surface area contributed by atoms with Crippen molar-refractivity contribution in [1.29, 1.82) is 0 Å². The zero-order chi connectivity index (χ0) is 19.7. The van der Waals surface area contributed by atoms with E-state index in [9.17, 15) is 4.39 Å². The van der Waals surface area contributed by atoms with Crippen molar-refractivity contribution < 1.29 is 8.81 Å². The maximum Gasteiger partial charge on any atom is 0.160 e. The Morgan fingerprint density at radius 1 is 1.14 bits per heavy atom. The molecule has 0 spiro atoms. The molecule has 0 aliphatic rings. The highest BCUT2D eigenvalue weighted by Crippen LogP contribution is 2.37. The molecule has 0 unspecified atom stereocenters. The second-order valence-corrected chi connectivity index (χ2v) is 6.62. The van der Waals surface area contributed by atoms with Crippen LogP contribution in [-0.2, 0) is 0 Å². The number of benzene rings is 1. The molecule has 0 aliphatic heterocycles. The zero-order valence-electron chi connectivity index (χ0n) is 15.1. The molecule has 5 heteroatoms. The third-order valence-corrected chi connectivity index (χ3v) is 4.69. The summed E-state index contributed by atoms with van der Waals surface area (Å²) < 4.78 is 20.2. The average Bonchev–Trinajstić information content (AvgIpc) is 3.12. The van der Waals surface area contributed by atoms with Gasteiger partial charge in [-0.2, -0.15) is 0 Å². The number of furan rings is 1. The number of hydrogen-bond donors (Lipinski definition) is 0. The standard InChI is InChI=1S/C23H16ClFN2O/c1-3-6-15-19(13-28-22(15)4-2)17-12-21(18-11-14(24)8-9-20(18)25)27-23-16(17)7-5-10-26-23/h3-13H,2H2,1H3/b6-3-. The number of fused-ring (bicyclic) bond motifs is 1. The minimum Gasteiger partial charge on any atom is -0.464 e. The van der Waals surface area contributed by atoms with Gasteiger partial charge in [-0.15, -0.1) is 0 Å². The Morgan fingerprint density at radius 3 is 2.79 bits per heavy atom. The molecule has 4 aromatic rings. The highest BCUT2D eigenvalue weighted by Gasteiger charge is 2.17. The largest absolute Gasteiger partial charge is 0.464 e. The molecule has 0 atom stereocenters. The van der Waals surface area contributed by atoms with Gasteiger partial charge in [0.1, 0.15) is 11.6 Å². The van der Waals surface area contributed by atoms with E-state index in [1.54, 1.807) is 24.6 Å². The Bertz CT molecular complexity index is 1230. The highest BCUT2D eigenvalue weighted by molar-refractivity contribution is 6.30. The van der Waals surface area contributed by atoms with Crippen molar-refractivity contribution in [3.8, 4) is 22.4 Å². The molecule has 0 N–H and O–H groups in total. The van der Waals surface area contributed by atoms with Crippen LogP contribution in [-0.4, -0.2) is 9.97 Å². The lowest BCUT2D eigenvalue weighted by molar-refractivity contribution is 0.557. The minimum atomic E-state index is -0.397. The number of rotatable bonds is 4. The van der Waals surface area contributed by atoms with Crippen molar-refractivity contribution in [2.75, 3.05) is 0 Å². The molecule has 0 amide bonds. The van der Waals surface area contributed by atoms with Crippen LogP contribution in [0.1, 0.15) is 18.2 Å². The molecule has 0 bridgehead atoms. The lowest BCUT2D eigenvalue weighted by Crippen LogP contribution is -1.94. The van der Waals surface area contributed by atoms with Crippen molar-refractivity contribution in [1.82, 2.24) is 9.97 Å². The van der Waals surface area contributed by atoms with Crippen molar-refractivity contribution in [3.63, 3.8) is 0 Å². The van der Waals surface area contributed by atoms with Crippen LogP contribution < -0.4 is 0 Å². The molecule has 0 saturated heterocycles. The molecular weight excluding hydrogens is 375 g/mol. The molecule has 0 fully saturated rings. The van der Waals surface area contributed by atoms with Gasteiger partial charge in [0.25, 0.3) is 0 Å². The fourth-order valence-corrected chi connectivity index (χ4v) is 3.37. The topological polar surface area (TPSA) is 38.9 Å². The number of aromatic nitrogens is 2. The van der Waals surface area contributed by atoms with Crippen LogP contribution in [0.25, 0.3) is 45.6 Å². The van der Waals surface area contributed by atoms with Gasteiger partial charge < -0.3 is 4.42 Å². The van der Waals surface area contributed by atoms with Crippen LogP contribution >= 0.6 is 11.6 Å². The van der Waals surface area contributed by atoms with Crippen LogP contribution in [0.4, 0.5) is 4.39 Å². The van der Waals surface area contributed by atoms with Crippen molar-refractivity contribution in [3.05, 3.63) is 83.7 Å². The van der Waals surface area contributed by atoms with E-state index >= 15 is 0 Å². The Labute approximate surface area is 166 Å². The van der Waals surface area contributed by atoms with Gasteiger partial charge in [0.05, 0.1) is 12.0 Å². The van der Waals surface area contributed by atoms with Gasteiger partial charge in [0, 0.05) is 33.3 Å². The predicted octanol–water partition coefficient (Wildman–Crippen LogP) is 7.03. The van der Waals surface area contributed by atoms with Gasteiger partial charge in [-0.25, -0.2) is 14.4 Å². The predicted molar refractivity (Wildman–Crippen MR) is 112 cm³/mol. The summed E-state index contributed by atoms with van der Waals surface area (Å²) in [5.74, 6) is 0.267. The van der Waals surface area contributed by atoms with Gasteiger partial charge in [-0.3, -0.25) is 0 Å². The molecule has 3 aromatic heterocycles. The van der Waals surface area contributed by atoms with Gasteiger partial charge in [-0.05, 0) is 55.0 Å². The number of allylic oxidation sites excluding steroid dienone is 1. The fourth-order valence-electron chi connectivity index (χ4n) is 3.20. The summed E-state index contributed by atoms with van der Waals surface area (Å²) in [6, 6.07) is 10.0. The average molecular weight is 391 g/mol. The summed E-state index contributed by atoms with van der Waals surface area (Å²) in [5.41, 5.74) is 3.89. The van der Waals surface area contributed by atoms with E-state index < -0.39 is 5.82 Å². The summed E-state index contributed by atoms with van der Waals surface area (Å²) in [6.45, 7) is 5.75. The molecule has 138 valence electrons. The Morgan fingerprint density at radius 2 is 2.00 bits per heavy atom. The number of hydrogen-bond acceptors (Lipinski definition) is 3. The Kier molecular flexibility index (Phi) is 4.80. The van der Waals surface area contributed by atoms with Crippen molar-refractivity contribution in [2.24, 2.45) is 0 Å². The number of nitrogens with zero attached hydrogens (tertiary/aromatic N) is 2. The molecule has 1 aromatic carbocycles. The molecular formula is C23H16ClFN2O. The summed E-state index contributed by atoms with van der Waals surface area (Å²) in [5, 5.41) is 1.28. The minimum absolute atomic E-state index is 0.321. The van der Waals surface area contributed by atoms with Crippen molar-refractivity contribution in [2.45, 2.75) is 6.92 Å². The van der Waals surface area contributed by atoms with Gasteiger partial charge >= 0.3 is 0 Å². The zero-order valence-corrected chi connectivity index (χ0v) is 15.9. The van der Waals surface area contributed by atoms with E-state index in [4.69, 9.17) is 16.0 Å². The van der Waals surface area contributed by atoms with Crippen LogP contribution in [0.3, 0.4) is 0 Å². The van der Waals surface area contributed by atoms with Crippen LogP contribution in [0.15, 0.2) is 65.9 Å². The molecule has 4 rings (SSSR count). The van der Waals surface area contributed by atoms with Crippen LogP contribution in [0, 0.1) is 5.82 Å². The molecule has 0 saturated carbocycles. The third-order valence-electron chi connectivity index (χ3n) is 4.46. The van der Waals surface area contributed by atoms with Gasteiger partial charge in [0.2, 0.25) is 0 Å². The van der Waals surface area contributed by atoms with Crippen LogP contribution in [0.5, 0.6) is 0 Å². The quantitative estimate of drug-likeness (QED) is 0.375. The third kappa shape index (κ3) is 3.12. The second-order valence-electron chi connectivity index (χ2n) is 6.19. The molecule has 0 radical (unpaired) electrons. The first kappa shape index (κ1) is 18.1. The van der Waals surface area contributed by atoms with E-state index in [-0.39, 0.29) is 0 Å². The second kappa shape index (κ2) is 7.41. The highest BCUT2D eigenvalue weighted by atomic mass is 35.5. The normalized spacial score (nSPS) is 11.4. The Balaban J connectivity index is 2.05. The first-order chi connectivity index (χ1) is 13.6. The van der Waals surface area contributed by atoms with Crippen molar-refractivity contribution >= 4 is 34.8 Å². The number of pyridine rings is 2. The summed E-state index contributed by atoms with van der Waals surface area (Å²) in [6.07, 6.45) is 8.89. The van der Waals surface area contributed by atoms with E-state index in [2.05, 4.69) is 16.5 Å². The molecule has 0 aliphatic carbocycles.